The number of likely N-dealkylation sites (tertiary alicyclic amines) is 1. The fraction of sp³-hybridized carbons (Fsp3) is 0.550. The zero-order chi connectivity index (χ0) is 20.4. The van der Waals surface area contributed by atoms with Crippen molar-refractivity contribution >= 4 is 34.0 Å². The number of rotatable bonds is 4. The van der Waals surface area contributed by atoms with Crippen LogP contribution in [0.1, 0.15) is 35.9 Å². The molecule has 2 aromatic rings. The van der Waals surface area contributed by atoms with Crippen LogP contribution in [-0.4, -0.2) is 70.1 Å². The smallest absolute Gasteiger partial charge is 0.272 e. The molecular formula is C20H26ClN5O2S. The van der Waals surface area contributed by atoms with E-state index >= 15 is 0 Å². The van der Waals surface area contributed by atoms with Crippen LogP contribution >= 0.6 is 22.9 Å². The van der Waals surface area contributed by atoms with Gasteiger partial charge in [0.15, 0.2) is 5.13 Å². The number of anilines is 1. The van der Waals surface area contributed by atoms with Gasteiger partial charge < -0.3 is 20.3 Å². The topological polar surface area (TPSA) is 84.6 Å². The van der Waals surface area contributed by atoms with Crippen LogP contribution in [0.25, 0.3) is 0 Å². The van der Waals surface area contributed by atoms with E-state index in [1.54, 1.807) is 12.1 Å². The average Bonchev–Trinajstić information content (AvgIpc) is 3.12. The Morgan fingerprint density at radius 2 is 2.21 bits per heavy atom. The molecule has 2 saturated heterocycles. The maximum absolute atomic E-state index is 12.9. The van der Waals surface area contributed by atoms with Crippen molar-refractivity contribution in [2.45, 2.75) is 37.9 Å². The largest absolute Gasteiger partial charge is 0.375 e. The highest BCUT2D eigenvalue weighted by molar-refractivity contribution is 7.13. The third-order valence-electron chi connectivity index (χ3n) is 5.66. The number of hydrogen-bond donors (Lipinski definition) is 1. The number of nitrogens with zero attached hydrogens (tertiary/aromatic N) is 4. The third kappa shape index (κ3) is 4.88. The summed E-state index contributed by atoms with van der Waals surface area (Å²) in [5.74, 6) is -0.0558. The monoisotopic (exact) mass is 435 g/mol. The van der Waals surface area contributed by atoms with Gasteiger partial charge in [0.2, 0.25) is 0 Å². The van der Waals surface area contributed by atoms with E-state index < -0.39 is 0 Å². The second kappa shape index (κ2) is 8.55. The van der Waals surface area contributed by atoms with E-state index in [9.17, 15) is 4.79 Å². The molecule has 2 aromatic heterocycles. The van der Waals surface area contributed by atoms with Gasteiger partial charge in [0.05, 0.1) is 29.0 Å². The Labute approximate surface area is 179 Å². The summed E-state index contributed by atoms with van der Waals surface area (Å²) in [6, 6.07) is 3.39. The molecule has 0 radical (unpaired) electrons. The van der Waals surface area contributed by atoms with E-state index in [2.05, 4.69) is 14.9 Å². The Hall–Kier alpha value is -1.74. The van der Waals surface area contributed by atoms with Gasteiger partial charge in [0.25, 0.3) is 5.91 Å². The highest BCUT2D eigenvalue weighted by atomic mass is 35.5. The number of thiazole rings is 1. The standard InChI is InChI=1S/C20H26ClN5O2S/c1-14-11-26(18(27)17-3-2-15(21)10-23-17)13-20(28-14)5-8-25(9-6-20)7-4-16-12-29-19(22)24-16/h2-3,10,12,14H,4-9,11,13H2,1H3,(H2,22,24). The Kier molecular flexibility index (Phi) is 6.06. The molecule has 0 aliphatic carbocycles. The Bertz CT molecular complexity index is 851. The predicted molar refractivity (Wildman–Crippen MR) is 114 cm³/mol. The van der Waals surface area contributed by atoms with E-state index in [0.29, 0.717) is 28.9 Å². The number of aromatic nitrogens is 2. The minimum Gasteiger partial charge on any atom is -0.375 e. The van der Waals surface area contributed by atoms with Crippen molar-refractivity contribution in [2.24, 2.45) is 0 Å². The van der Waals surface area contributed by atoms with E-state index in [-0.39, 0.29) is 17.6 Å². The lowest BCUT2D eigenvalue weighted by Gasteiger charge is -2.49. The molecule has 9 heteroatoms. The van der Waals surface area contributed by atoms with Crippen LogP contribution in [-0.2, 0) is 11.2 Å². The average molecular weight is 436 g/mol. The van der Waals surface area contributed by atoms with Gasteiger partial charge in [-0.15, -0.1) is 11.3 Å². The summed E-state index contributed by atoms with van der Waals surface area (Å²) in [6.45, 7) is 6.10. The van der Waals surface area contributed by atoms with Gasteiger partial charge >= 0.3 is 0 Å². The molecule has 4 heterocycles. The van der Waals surface area contributed by atoms with Crippen LogP contribution in [0.3, 0.4) is 0 Å². The van der Waals surface area contributed by atoms with Crippen molar-refractivity contribution in [3.05, 3.63) is 40.1 Å². The van der Waals surface area contributed by atoms with Gasteiger partial charge in [0.1, 0.15) is 5.69 Å². The number of ether oxygens (including phenoxy) is 1. The van der Waals surface area contributed by atoms with Gasteiger partial charge in [-0.25, -0.2) is 9.97 Å². The van der Waals surface area contributed by atoms with Crippen LogP contribution in [0.2, 0.25) is 5.02 Å². The summed E-state index contributed by atoms with van der Waals surface area (Å²) in [6.07, 6.45) is 4.25. The molecule has 2 aliphatic heterocycles. The fourth-order valence-corrected chi connectivity index (χ4v) is 4.92. The highest BCUT2D eigenvalue weighted by Crippen LogP contribution is 2.33. The molecule has 2 aliphatic rings. The van der Waals surface area contributed by atoms with Crippen LogP contribution in [0.15, 0.2) is 23.7 Å². The maximum Gasteiger partial charge on any atom is 0.272 e. The van der Waals surface area contributed by atoms with Gasteiger partial charge in [-0.3, -0.25) is 4.79 Å². The lowest BCUT2D eigenvalue weighted by molar-refractivity contribution is -0.161. The molecule has 29 heavy (non-hydrogen) atoms. The van der Waals surface area contributed by atoms with Crippen molar-refractivity contribution in [1.29, 1.82) is 0 Å². The minimum absolute atomic E-state index is 0.00420. The fourth-order valence-electron chi connectivity index (χ4n) is 4.21. The number of morpholine rings is 1. The van der Waals surface area contributed by atoms with E-state index in [1.165, 1.54) is 17.5 Å². The predicted octanol–water partition coefficient (Wildman–Crippen LogP) is 2.71. The van der Waals surface area contributed by atoms with Gasteiger partial charge in [0, 0.05) is 44.2 Å². The van der Waals surface area contributed by atoms with Gasteiger partial charge in [-0.2, -0.15) is 0 Å². The molecule has 0 saturated carbocycles. The van der Waals surface area contributed by atoms with E-state index in [0.717, 1.165) is 44.6 Å². The summed E-state index contributed by atoms with van der Waals surface area (Å²) in [5.41, 5.74) is 6.93. The molecule has 4 rings (SSSR count). The number of carbonyl (C=O) groups excluding carboxylic acids is 1. The number of amides is 1. The quantitative estimate of drug-likeness (QED) is 0.794. The van der Waals surface area contributed by atoms with Crippen molar-refractivity contribution in [3.63, 3.8) is 0 Å². The number of halogens is 1. The maximum atomic E-state index is 12.9. The second-order valence-corrected chi connectivity index (χ2v) is 9.25. The van der Waals surface area contributed by atoms with Crippen molar-refractivity contribution in [2.75, 3.05) is 38.5 Å². The molecule has 156 valence electrons. The normalized spacial score (nSPS) is 22.1. The van der Waals surface area contributed by atoms with Gasteiger partial charge in [-0.1, -0.05) is 11.6 Å². The lowest BCUT2D eigenvalue weighted by atomic mass is 9.88. The summed E-state index contributed by atoms with van der Waals surface area (Å²) < 4.78 is 6.38. The van der Waals surface area contributed by atoms with Crippen molar-refractivity contribution in [1.82, 2.24) is 19.8 Å². The zero-order valence-electron chi connectivity index (χ0n) is 16.5. The first-order valence-corrected chi connectivity index (χ1v) is 11.2. The van der Waals surface area contributed by atoms with Crippen LogP contribution < -0.4 is 5.73 Å². The van der Waals surface area contributed by atoms with Crippen LogP contribution in [0, 0.1) is 0 Å². The van der Waals surface area contributed by atoms with E-state index in [1.807, 2.05) is 17.2 Å². The lowest BCUT2D eigenvalue weighted by Crippen LogP contribution is -2.60. The number of pyridine rings is 1. The Morgan fingerprint density at radius 1 is 1.41 bits per heavy atom. The first kappa shape index (κ1) is 20.5. The summed E-state index contributed by atoms with van der Waals surface area (Å²) in [7, 11) is 0. The first-order chi connectivity index (χ1) is 13.9. The molecule has 2 N–H and O–H groups in total. The van der Waals surface area contributed by atoms with Crippen LogP contribution in [0.4, 0.5) is 5.13 Å². The number of piperidine rings is 1. The first-order valence-electron chi connectivity index (χ1n) is 9.93. The molecule has 0 bridgehead atoms. The number of nitrogens with two attached hydrogens (primary N) is 1. The number of carbonyl (C=O) groups is 1. The molecule has 1 amide bonds. The van der Waals surface area contributed by atoms with Crippen molar-refractivity contribution < 1.29 is 9.53 Å². The SMILES string of the molecule is CC1CN(C(=O)c2ccc(Cl)cn2)CC2(CCN(CCc3csc(N)n3)CC2)O1. The number of hydrogen-bond acceptors (Lipinski definition) is 7. The van der Waals surface area contributed by atoms with E-state index in [4.69, 9.17) is 22.1 Å². The molecule has 1 atom stereocenters. The number of nitrogen functional groups attached to an aromatic ring is 1. The molecular weight excluding hydrogens is 410 g/mol. The molecule has 0 aromatic carbocycles. The van der Waals surface area contributed by atoms with Gasteiger partial charge in [-0.05, 0) is 31.9 Å². The molecule has 1 unspecified atom stereocenters. The third-order valence-corrected chi connectivity index (χ3v) is 6.61. The molecule has 7 nitrogen and oxygen atoms in total. The summed E-state index contributed by atoms with van der Waals surface area (Å²) in [4.78, 5) is 25.8. The van der Waals surface area contributed by atoms with Crippen molar-refractivity contribution in [3.8, 4) is 0 Å². The summed E-state index contributed by atoms with van der Waals surface area (Å²) >= 11 is 7.39. The molecule has 1 spiro atoms. The highest BCUT2D eigenvalue weighted by Gasteiger charge is 2.43. The minimum atomic E-state index is -0.276. The molecule has 2 fully saturated rings. The summed E-state index contributed by atoms with van der Waals surface area (Å²) in [5, 5.41) is 3.18. The zero-order valence-corrected chi connectivity index (χ0v) is 18.1. The Balaban J connectivity index is 1.35. The van der Waals surface area contributed by atoms with Crippen LogP contribution in [0.5, 0.6) is 0 Å². The second-order valence-electron chi connectivity index (χ2n) is 7.93. The Morgan fingerprint density at radius 3 is 2.86 bits per heavy atom.